The fourth-order valence-electron chi connectivity index (χ4n) is 1.84. The van der Waals surface area contributed by atoms with Gasteiger partial charge in [-0.25, -0.2) is 4.98 Å². The van der Waals surface area contributed by atoms with Crippen molar-refractivity contribution in [3.8, 4) is 5.75 Å². The molecule has 0 aliphatic carbocycles. The molecule has 20 heavy (non-hydrogen) atoms. The number of ether oxygens (including phenoxy) is 2. The van der Waals surface area contributed by atoms with Crippen LogP contribution in [0.3, 0.4) is 0 Å². The summed E-state index contributed by atoms with van der Waals surface area (Å²) >= 11 is 0. The molecular weight excluding hydrogens is 256 g/mol. The van der Waals surface area contributed by atoms with Crippen LogP contribution in [-0.2, 0) is 9.53 Å². The molecule has 0 saturated heterocycles. The van der Waals surface area contributed by atoms with Gasteiger partial charge in [0.25, 0.3) is 0 Å². The molecule has 0 fully saturated rings. The lowest BCUT2D eigenvalue weighted by Gasteiger charge is -2.24. The number of rotatable bonds is 9. The zero-order valence-electron chi connectivity index (χ0n) is 12.6. The number of esters is 1. The normalized spacial score (nSPS) is 10.2. The number of anilines is 1. The highest BCUT2D eigenvalue weighted by Crippen LogP contribution is 2.25. The average Bonchev–Trinajstić information content (AvgIpc) is 2.45. The minimum Gasteiger partial charge on any atom is -0.490 e. The first-order chi connectivity index (χ1) is 9.72. The Morgan fingerprint density at radius 2 is 2.10 bits per heavy atom. The topological polar surface area (TPSA) is 51.7 Å². The van der Waals surface area contributed by atoms with Gasteiger partial charge < -0.3 is 14.4 Å². The quantitative estimate of drug-likeness (QED) is 0.651. The van der Waals surface area contributed by atoms with Gasteiger partial charge in [-0.2, -0.15) is 0 Å². The molecule has 0 saturated carbocycles. The largest absolute Gasteiger partial charge is 0.490 e. The Morgan fingerprint density at radius 1 is 1.30 bits per heavy atom. The standard InChI is InChI=1S/C15H24N2O3/c1-4-10-17(12-14(18)19-6-3)15-13(20-11-5-2)8-7-9-16-15/h7-9H,4-6,10-12H2,1-3H3. The van der Waals surface area contributed by atoms with E-state index >= 15 is 0 Å². The third kappa shape index (κ3) is 5.07. The van der Waals surface area contributed by atoms with Gasteiger partial charge in [0.2, 0.25) is 0 Å². The van der Waals surface area contributed by atoms with Crippen molar-refractivity contribution in [3.05, 3.63) is 18.3 Å². The lowest BCUT2D eigenvalue weighted by atomic mass is 10.3. The highest BCUT2D eigenvalue weighted by atomic mass is 16.5. The Morgan fingerprint density at radius 3 is 2.75 bits per heavy atom. The number of pyridine rings is 1. The summed E-state index contributed by atoms with van der Waals surface area (Å²) < 4.78 is 10.7. The predicted octanol–water partition coefficient (Wildman–Crippen LogP) is 2.65. The monoisotopic (exact) mass is 280 g/mol. The maximum atomic E-state index is 11.7. The van der Waals surface area contributed by atoms with Crippen molar-refractivity contribution >= 4 is 11.8 Å². The number of hydrogen-bond acceptors (Lipinski definition) is 5. The van der Waals surface area contributed by atoms with Gasteiger partial charge >= 0.3 is 5.97 Å². The van der Waals surface area contributed by atoms with Gasteiger partial charge in [-0.1, -0.05) is 13.8 Å². The minimum absolute atomic E-state index is 0.196. The van der Waals surface area contributed by atoms with Crippen LogP contribution < -0.4 is 9.64 Å². The second-order valence-corrected chi connectivity index (χ2v) is 4.40. The van der Waals surface area contributed by atoms with Crippen LogP contribution in [-0.4, -0.2) is 37.3 Å². The van der Waals surface area contributed by atoms with Crippen molar-refractivity contribution in [2.45, 2.75) is 33.6 Å². The molecule has 5 nitrogen and oxygen atoms in total. The molecule has 0 spiro atoms. The molecule has 0 amide bonds. The van der Waals surface area contributed by atoms with Crippen molar-refractivity contribution in [2.24, 2.45) is 0 Å². The molecule has 0 bridgehead atoms. The number of nitrogens with zero attached hydrogens (tertiary/aromatic N) is 2. The first-order valence-corrected chi connectivity index (χ1v) is 7.21. The molecule has 0 aliphatic heterocycles. The van der Waals surface area contributed by atoms with E-state index in [2.05, 4.69) is 18.8 Å². The molecule has 1 aromatic rings. The summed E-state index contributed by atoms with van der Waals surface area (Å²) in [5.74, 6) is 1.18. The molecular formula is C15H24N2O3. The van der Waals surface area contributed by atoms with E-state index < -0.39 is 0 Å². The molecule has 5 heteroatoms. The fraction of sp³-hybridized carbons (Fsp3) is 0.600. The van der Waals surface area contributed by atoms with Gasteiger partial charge in [-0.15, -0.1) is 0 Å². The third-order valence-corrected chi connectivity index (χ3v) is 2.63. The number of aromatic nitrogens is 1. The molecule has 0 atom stereocenters. The SMILES string of the molecule is CCCOc1cccnc1N(CCC)CC(=O)OCC. The van der Waals surface area contributed by atoms with Crippen LogP contribution in [0, 0.1) is 0 Å². The minimum atomic E-state index is -0.243. The van der Waals surface area contributed by atoms with Gasteiger partial charge in [-0.05, 0) is 31.9 Å². The van der Waals surface area contributed by atoms with Crippen LogP contribution >= 0.6 is 0 Å². The third-order valence-electron chi connectivity index (χ3n) is 2.63. The smallest absolute Gasteiger partial charge is 0.325 e. The molecule has 0 aromatic carbocycles. The second kappa shape index (κ2) is 9.18. The summed E-state index contributed by atoms with van der Waals surface area (Å²) in [5.41, 5.74) is 0. The lowest BCUT2D eigenvalue weighted by molar-refractivity contribution is -0.141. The summed E-state index contributed by atoms with van der Waals surface area (Å²) in [5, 5.41) is 0. The Balaban J connectivity index is 2.86. The zero-order chi connectivity index (χ0) is 14.8. The average molecular weight is 280 g/mol. The van der Waals surface area contributed by atoms with Crippen LogP contribution in [0.4, 0.5) is 5.82 Å². The molecule has 1 aromatic heterocycles. The van der Waals surface area contributed by atoms with E-state index in [4.69, 9.17) is 9.47 Å². The zero-order valence-corrected chi connectivity index (χ0v) is 12.6. The summed E-state index contributed by atoms with van der Waals surface area (Å²) in [4.78, 5) is 18.0. The highest BCUT2D eigenvalue weighted by Gasteiger charge is 2.16. The Bertz CT molecular complexity index is 410. The van der Waals surface area contributed by atoms with E-state index in [1.165, 1.54) is 0 Å². The Labute approximate surface area is 120 Å². The molecule has 0 unspecified atom stereocenters. The van der Waals surface area contributed by atoms with Crippen molar-refractivity contribution in [2.75, 3.05) is 31.2 Å². The van der Waals surface area contributed by atoms with Gasteiger partial charge in [0.15, 0.2) is 11.6 Å². The van der Waals surface area contributed by atoms with E-state index in [0.717, 1.165) is 19.4 Å². The van der Waals surface area contributed by atoms with E-state index in [1.54, 1.807) is 13.1 Å². The number of carbonyl (C=O) groups is 1. The first kappa shape index (κ1) is 16.3. The van der Waals surface area contributed by atoms with E-state index in [-0.39, 0.29) is 12.5 Å². The van der Waals surface area contributed by atoms with Gasteiger partial charge in [-0.3, -0.25) is 4.79 Å². The van der Waals surface area contributed by atoms with Crippen LogP contribution in [0.5, 0.6) is 5.75 Å². The highest BCUT2D eigenvalue weighted by molar-refractivity contribution is 5.76. The summed E-state index contributed by atoms with van der Waals surface area (Å²) in [6.07, 6.45) is 3.56. The Hall–Kier alpha value is -1.78. The summed E-state index contributed by atoms with van der Waals surface area (Å²) in [7, 11) is 0. The van der Waals surface area contributed by atoms with E-state index in [1.807, 2.05) is 17.0 Å². The first-order valence-electron chi connectivity index (χ1n) is 7.21. The van der Waals surface area contributed by atoms with Crippen molar-refractivity contribution in [1.29, 1.82) is 0 Å². The second-order valence-electron chi connectivity index (χ2n) is 4.40. The molecule has 0 N–H and O–H groups in total. The van der Waals surface area contributed by atoms with Crippen LogP contribution in [0.1, 0.15) is 33.6 Å². The maximum absolute atomic E-state index is 11.7. The maximum Gasteiger partial charge on any atom is 0.325 e. The van der Waals surface area contributed by atoms with Crippen LogP contribution in [0.25, 0.3) is 0 Å². The number of carbonyl (C=O) groups excluding carboxylic acids is 1. The van der Waals surface area contributed by atoms with Gasteiger partial charge in [0, 0.05) is 12.7 Å². The van der Waals surface area contributed by atoms with Gasteiger partial charge in [0.1, 0.15) is 6.54 Å². The predicted molar refractivity (Wildman–Crippen MR) is 79.2 cm³/mol. The molecule has 1 heterocycles. The summed E-state index contributed by atoms with van der Waals surface area (Å²) in [6.45, 7) is 7.88. The van der Waals surface area contributed by atoms with E-state index in [9.17, 15) is 4.79 Å². The molecule has 0 aliphatic rings. The molecule has 0 radical (unpaired) electrons. The molecule has 1 rings (SSSR count). The van der Waals surface area contributed by atoms with Gasteiger partial charge in [0.05, 0.1) is 13.2 Å². The van der Waals surface area contributed by atoms with Crippen molar-refractivity contribution < 1.29 is 14.3 Å². The molecule has 112 valence electrons. The lowest BCUT2D eigenvalue weighted by Crippen LogP contribution is -2.32. The van der Waals surface area contributed by atoms with Crippen molar-refractivity contribution in [1.82, 2.24) is 4.98 Å². The van der Waals surface area contributed by atoms with Crippen molar-refractivity contribution in [3.63, 3.8) is 0 Å². The fourth-order valence-corrected chi connectivity index (χ4v) is 1.84. The number of hydrogen-bond donors (Lipinski definition) is 0. The van der Waals surface area contributed by atoms with Crippen LogP contribution in [0.15, 0.2) is 18.3 Å². The van der Waals surface area contributed by atoms with Crippen LogP contribution in [0.2, 0.25) is 0 Å². The van der Waals surface area contributed by atoms with E-state index in [0.29, 0.717) is 24.8 Å². The Kier molecular flexibility index (Phi) is 7.47. The summed E-state index contributed by atoms with van der Waals surface area (Å²) in [6, 6.07) is 3.72.